The zero-order valence-electron chi connectivity index (χ0n) is 9.91. The van der Waals surface area contributed by atoms with E-state index < -0.39 is 21.3 Å². The van der Waals surface area contributed by atoms with Gasteiger partial charge in [-0.3, -0.25) is 10.1 Å². The second-order valence-corrected chi connectivity index (χ2v) is 7.72. The predicted octanol–water partition coefficient (Wildman–Crippen LogP) is 0.406. The predicted molar refractivity (Wildman–Crippen MR) is 61.1 cm³/mol. The first-order valence-corrected chi connectivity index (χ1v) is 7.12. The smallest absolute Gasteiger partial charge is 0.323 e. The quantitative estimate of drug-likeness (QED) is 0.740. The molecule has 2 N–H and O–H groups in total. The van der Waals surface area contributed by atoms with Gasteiger partial charge in [0.05, 0.1) is 11.5 Å². The van der Waals surface area contributed by atoms with Gasteiger partial charge in [0, 0.05) is 5.54 Å². The SMILES string of the molecule is CC(C)(C)NC1(C(=O)O)CCS(=O)(=O)CC1. The number of aliphatic carboxylic acids is 1. The molecule has 0 saturated carbocycles. The Morgan fingerprint density at radius 1 is 1.25 bits per heavy atom. The van der Waals surface area contributed by atoms with Crippen LogP contribution in [0, 0.1) is 0 Å². The van der Waals surface area contributed by atoms with Gasteiger partial charge < -0.3 is 5.11 Å². The minimum atomic E-state index is -3.05. The van der Waals surface area contributed by atoms with Crippen molar-refractivity contribution in [3.63, 3.8) is 0 Å². The number of carboxylic acid groups (broad SMARTS) is 1. The summed E-state index contributed by atoms with van der Waals surface area (Å²) in [5.74, 6) is -1.07. The summed E-state index contributed by atoms with van der Waals surface area (Å²) in [6.45, 7) is 5.63. The van der Waals surface area contributed by atoms with Crippen molar-refractivity contribution in [3.8, 4) is 0 Å². The Morgan fingerprint density at radius 2 is 1.69 bits per heavy atom. The van der Waals surface area contributed by atoms with Crippen LogP contribution in [0.2, 0.25) is 0 Å². The van der Waals surface area contributed by atoms with Gasteiger partial charge in [0.25, 0.3) is 0 Å². The number of nitrogens with one attached hydrogen (secondary N) is 1. The number of hydrogen-bond donors (Lipinski definition) is 2. The highest BCUT2D eigenvalue weighted by molar-refractivity contribution is 7.91. The van der Waals surface area contributed by atoms with Crippen LogP contribution < -0.4 is 5.32 Å². The Bertz CT molecular complexity index is 366. The molecule has 0 aromatic rings. The van der Waals surface area contributed by atoms with E-state index >= 15 is 0 Å². The average molecular weight is 249 g/mol. The van der Waals surface area contributed by atoms with Crippen LogP contribution in [0.1, 0.15) is 33.6 Å². The lowest BCUT2D eigenvalue weighted by molar-refractivity contribution is -0.146. The molecule has 1 fully saturated rings. The number of carbonyl (C=O) groups is 1. The normalized spacial score (nSPS) is 23.9. The molecule has 0 radical (unpaired) electrons. The lowest BCUT2D eigenvalue weighted by Gasteiger charge is -2.39. The van der Waals surface area contributed by atoms with Crippen molar-refractivity contribution in [1.82, 2.24) is 5.32 Å². The standard InChI is InChI=1S/C10H19NO4S/c1-9(2,3)11-10(8(12)13)4-6-16(14,15)7-5-10/h11H,4-7H2,1-3H3,(H,12,13). The summed E-state index contributed by atoms with van der Waals surface area (Å²) < 4.78 is 22.6. The van der Waals surface area contributed by atoms with Crippen LogP contribution in [0.15, 0.2) is 0 Å². The van der Waals surface area contributed by atoms with Crippen LogP contribution >= 0.6 is 0 Å². The van der Waals surface area contributed by atoms with E-state index in [1.54, 1.807) is 0 Å². The lowest BCUT2D eigenvalue weighted by Crippen LogP contribution is -2.61. The van der Waals surface area contributed by atoms with Crippen LogP contribution in [0.25, 0.3) is 0 Å². The molecule has 6 heteroatoms. The zero-order chi connectivity index (χ0) is 12.6. The first-order valence-electron chi connectivity index (χ1n) is 5.30. The molecule has 0 bridgehead atoms. The fourth-order valence-electron chi connectivity index (χ4n) is 2.00. The molecule has 0 aliphatic carbocycles. The van der Waals surface area contributed by atoms with Crippen molar-refractivity contribution in [3.05, 3.63) is 0 Å². The number of rotatable bonds is 2. The molecule has 1 rings (SSSR count). The van der Waals surface area contributed by atoms with Gasteiger partial charge in [-0.2, -0.15) is 0 Å². The van der Waals surface area contributed by atoms with Crippen molar-refractivity contribution < 1.29 is 18.3 Å². The third kappa shape index (κ3) is 3.18. The summed E-state index contributed by atoms with van der Waals surface area (Å²) >= 11 is 0. The largest absolute Gasteiger partial charge is 0.480 e. The molecule has 5 nitrogen and oxygen atoms in total. The van der Waals surface area contributed by atoms with Gasteiger partial charge in [-0.05, 0) is 33.6 Å². The Labute approximate surface area is 96.1 Å². The van der Waals surface area contributed by atoms with E-state index in [1.807, 2.05) is 20.8 Å². The van der Waals surface area contributed by atoms with Gasteiger partial charge in [0.15, 0.2) is 0 Å². The van der Waals surface area contributed by atoms with E-state index in [9.17, 15) is 18.3 Å². The summed E-state index contributed by atoms with van der Waals surface area (Å²) in [4.78, 5) is 11.3. The van der Waals surface area contributed by atoms with Gasteiger partial charge in [-0.15, -0.1) is 0 Å². The topological polar surface area (TPSA) is 83.5 Å². The third-order valence-electron chi connectivity index (χ3n) is 2.70. The van der Waals surface area contributed by atoms with Crippen LogP contribution in [0.5, 0.6) is 0 Å². The lowest BCUT2D eigenvalue weighted by atomic mass is 9.89. The summed E-state index contributed by atoms with van der Waals surface area (Å²) in [5, 5.41) is 12.3. The summed E-state index contributed by atoms with van der Waals surface area (Å²) in [6, 6.07) is 0. The molecule has 1 aliphatic heterocycles. The second kappa shape index (κ2) is 4.00. The maximum absolute atomic E-state index is 11.3. The van der Waals surface area contributed by atoms with Crippen LogP contribution in [-0.4, -0.2) is 42.1 Å². The Hall–Kier alpha value is -0.620. The molecule has 0 amide bonds. The number of sulfone groups is 1. The molecule has 0 atom stereocenters. The van der Waals surface area contributed by atoms with E-state index in [2.05, 4.69) is 5.32 Å². The summed E-state index contributed by atoms with van der Waals surface area (Å²) in [6.07, 6.45) is 0.282. The van der Waals surface area contributed by atoms with E-state index in [4.69, 9.17) is 0 Å². The number of hydrogen-bond acceptors (Lipinski definition) is 4. The molecule has 1 saturated heterocycles. The Morgan fingerprint density at radius 3 is 2.00 bits per heavy atom. The van der Waals surface area contributed by atoms with Gasteiger partial charge in [0.2, 0.25) is 0 Å². The molecule has 0 aromatic heterocycles. The number of carboxylic acids is 1. The average Bonchev–Trinajstić information content (AvgIpc) is 2.06. The van der Waals surface area contributed by atoms with Crippen molar-refractivity contribution in [1.29, 1.82) is 0 Å². The van der Waals surface area contributed by atoms with Crippen molar-refractivity contribution >= 4 is 15.8 Å². The molecule has 0 aromatic carbocycles. The molecule has 16 heavy (non-hydrogen) atoms. The molecule has 0 unspecified atom stereocenters. The molecular formula is C10H19NO4S. The monoisotopic (exact) mass is 249 g/mol. The molecule has 0 spiro atoms. The molecule has 1 aliphatic rings. The van der Waals surface area contributed by atoms with Crippen molar-refractivity contribution in [2.75, 3.05) is 11.5 Å². The summed E-state index contributed by atoms with van der Waals surface area (Å²) in [7, 11) is -3.05. The highest BCUT2D eigenvalue weighted by Gasteiger charge is 2.45. The Balaban J connectivity index is 2.89. The maximum Gasteiger partial charge on any atom is 0.323 e. The van der Waals surface area contributed by atoms with Crippen LogP contribution in [-0.2, 0) is 14.6 Å². The van der Waals surface area contributed by atoms with Gasteiger partial charge in [0.1, 0.15) is 15.4 Å². The van der Waals surface area contributed by atoms with Crippen LogP contribution in [0.3, 0.4) is 0 Å². The van der Waals surface area contributed by atoms with E-state index in [0.29, 0.717) is 0 Å². The van der Waals surface area contributed by atoms with Gasteiger partial charge >= 0.3 is 5.97 Å². The first-order chi connectivity index (χ1) is 7.06. The molecular weight excluding hydrogens is 230 g/mol. The van der Waals surface area contributed by atoms with E-state index in [0.717, 1.165) is 0 Å². The Kier molecular flexibility index (Phi) is 3.36. The molecule has 94 valence electrons. The minimum Gasteiger partial charge on any atom is -0.480 e. The highest BCUT2D eigenvalue weighted by Crippen LogP contribution is 2.26. The first kappa shape index (κ1) is 13.4. The van der Waals surface area contributed by atoms with Gasteiger partial charge in [-0.25, -0.2) is 8.42 Å². The zero-order valence-corrected chi connectivity index (χ0v) is 10.7. The van der Waals surface area contributed by atoms with Crippen molar-refractivity contribution in [2.45, 2.75) is 44.7 Å². The third-order valence-corrected chi connectivity index (χ3v) is 4.36. The van der Waals surface area contributed by atoms with Gasteiger partial charge in [-0.1, -0.05) is 0 Å². The molecule has 1 heterocycles. The van der Waals surface area contributed by atoms with E-state index in [-0.39, 0.29) is 29.9 Å². The maximum atomic E-state index is 11.3. The van der Waals surface area contributed by atoms with E-state index in [1.165, 1.54) is 0 Å². The summed E-state index contributed by atoms with van der Waals surface area (Å²) in [5.41, 5.74) is -1.44. The van der Waals surface area contributed by atoms with Crippen LogP contribution in [0.4, 0.5) is 0 Å². The fraction of sp³-hybridized carbons (Fsp3) is 0.900. The highest BCUT2D eigenvalue weighted by atomic mass is 32.2. The van der Waals surface area contributed by atoms with Crippen molar-refractivity contribution in [2.24, 2.45) is 0 Å². The second-order valence-electron chi connectivity index (χ2n) is 5.41. The fourth-order valence-corrected chi connectivity index (χ4v) is 3.52. The minimum absolute atomic E-state index is 0.0532.